The molecule has 1 aliphatic heterocycles. The van der Waals surface area contributed by atoms with Gasteiger partial charge in [0, 0.05) is 62.5 Å². The number of aromatic nitrogens is 7. The largest absolute Gasteiger partial charge is 0.368 e. The minimum Gasteiger partial charge on any atom is -0.368 e. The highest BCUT2D eigenvalue weighted by Gasteiger charge is 2.41. The Kier molecular flexibility index (Phi) is 5.08. The van der Waals surface area contributed by atoms with Crippen LogP contribution in [0.25, 0.3) is 22.3 Å². The molecule has 1 aliphatic rings. The summed E-state index contributed by atoms with van der Waals surface area (Å²) < 4.78 is 19.2. The van der Waals surface area contributed by atoms with Gasteiger partial charge in [-0.05, 0) is 32.9 Å². The van der Waals surface area contributed by atoms with Crippen LogP contribution in [0.3, 0.4) is 0 Å². The highest BCUT2D eigenvalue weighted by molar-refractivity contribution is 5.85. The molecule has 0 aliphatic carbocycles. The molecule has 9 nitrogen and oxygen atoms in total. The van der Waals surface area contributed by atoms with E-state index < -0.39 is 5.67 Å². The summed E-state index contributed by atoms with van der Waals surface area (Å²) in [6, 6.07) is 5.97. The number of aryl methyl sites for hydroxylation is 1. The van der Waals surface area contributed by atoms with Gasteiger partial charge in [-0.25, -0.2) is 9.37 Å². The lowest BCUT2D eigenvalue weighted by molar-refractivity contribution is 0.109. The molecule has 4 aromatic rings. The number of nitriles is 1. The predicted octanol–water partition coefficient (Wildman–Crippen LogP) is 3.71. The van der Waals surface area contributed by atoms with Crippen LogP contribution in [0.1, 0.15) is 45.0 Å². The maximum atomic E-state index is 15.7. The average molecular weight is 460 g/mol. The van der Waals surface area contributed by atoms with Gasteiger partial charge in [-0.15, -0.1) is 10.2 Å². The fourth-order valence-electron chi connectivity index (χ4n) is 4.46. The summed E-state index contributed by atoms with van der Waals surface area (Å²) in [7, 11) is 1.75. The van der Waals surface area contributed by atoms with Crippen LogP contribution in [0, 0.1) is 11.3 Å². The van der Waals surface area contributed by atoms with Crippen LogP contribution < -0.4 is 4.90 Å². The molecule has 0 unspecified atom stereocenters. The Labute approximate surface area is 196 Å². The SMILES string of the molecule is Cn1cnnc1C1(F)CCN(c2c(C#N)ccnc2-c2cnc3nn(C(C)(C)C)cc3c2)CC1. The summed E-state index contributed by atoms with van der Waals surface area (Å²) in [5, 5.41) is 23.1. The fourth-order valence-corrected chi connectivity index (χ4v) is 4.46. The molecule has 34 heavy (non-hydrogen) atoms. The van der Waals surface area contributed by atoms with E-state index in [2.05, 4.69) is 52.1 Å². The lowest BCUT2D eigenvalue weighted by Crippen LogP contribution is -2.42. The molecular weight excluding hydrogens is 433 g/mol. The van der Waals surface area contributed by atoms with Gasteiger partial charge in [0.15, 0.2) is 17.1 Å². The molecule has 0 radical (unpaired) electrons. The summed E-state index contributed by atoms with van der Waals surface area (Å²) in [6.45, 7) is 7.09. The topological polar surface area (TPSA) is 101 Å². The van der Waals surface area contributed by atoms with Crippen molar-refractivity contribution in [2.75, 3.05) is 18.0 Å². The average Bonchev–Trinajstić information content (AvgIpc) is 3.45. The molecule has 174 valence electrons. The van der Waals surface area contributed by atoms with Crippen molar-refractivity contribution < 1.29 is 4.39 Å². The van der Waals surface area contributed by atoms with E-state index in [0.717, 1.165) is 10.9 Å². The van der Waals surface area contributed by atoms with Gasteiger partial charge < -0.3 is 9.47 Å². The number of fused-ring (bicyclic) bond motifs is 1. The number of alkyl halides is 1. The quantitative estimate of drug-likeness (QED) is 0.460. The van der Waals surface area contributed by atoms with Gasteiger partial charge in [-0.2, -0.15) is 10.4 Å². The Hall–Kier alpha value is -3.87. The molecule has 0 amide bonds. The second-order valence-corrected chi connectivity index (χ2v) is 9.77. The van der Waals surface area contributed by atoms with Crippen molar-refractivity contribution in [3.05, 3.63) is 48.4 Å². The van der Waals surface area contributed by atoms with Gasteiger partial charge in [-0.1, -0.05) is 0 Å². The van der Waals surface area contributed by atoms with Crippen LogP contribution in [-0.4, -0.2) is 47.6 Å². The maximum Gasteiger partial charge on any atom is 0.181 e. The third kappa shape index (κ3) is 3.67. The van der Waals surface area contributed by atoms with E-state index in [9.17, 15) is 5.26 Å². The molecular formula is C24H26FN9. The molecule has 0 atom stereocenters. The monoisotopic (exact) mass is 459 g/mol. The van der Waals surface area contributed by atoms with Crippen molar-refractivity contribution in [1.82, 2.24) is 34.5 Å². The highest BCUT2D eigenvalue weighted by atomic mass is 19.1. The molecule has 10 heteroatoms. The van der Waals surface area contributed by atoms with Crippen LogP contribution in [-0.2, 0) is 18.3 Å². The van der Waals surface area contributed by atoms with Gasteiger partial charge in [-0.3, -0.25) is 9.67 Å². The van der Waals surface area contributed by atoms with E-state index in [0.29, 0.717) is 41.5 Å². The molecule has 5 rings (SSSR count). The minimum absolute atomic E-state index is 0.166. The maximum absolute atomic E-state index is 15.7. The molecule has 1 saturated heterocycles. The first-order valence-corrected chi connectivity index (χ1v) is 11.2. The Bertz CT molecular complexity index is 1400. The first-order chi connectivity index (χ1) is 16.2. The lowest BCUT2D eigenvalue weighted by Gasteiger charge is -2.37. The molecule has 0 saturated carbocycles. The number of anilines is 1. The van der Waals surface area contributed by atoms with E-state index in [1.807, 2.05) is 21.8 Å². The zero-order chi connectivity index (χ0) is 24.1. The standard InChI is InChI=1S/C24H26FN9/c1-23(2,3)34-14-18-11-17(13-28-21(18)31-34)19-20(16(12-26)5-8-27-19)33-9-6-24(25,7-10-33)22-30-29-15-32(22)4/h5,8,11,13-15H,6-7,9-10H2,1-4H3. The van der Waals surface area contributed by atoms with Crippen LogP contribution in [0.4, 0.5) is 10.1 Å². The smallest absolute Gasteiger partial charge is 0.181 e. The number of rotatable bonds is 3. The van der Waals surface area contributed by atoms with Crippen molar-refractivity contribution in [2.24, 2.45) is 7.05 Å². The molecule has 0 N–H and O–H groups in total. The number of nitrogens with zero attached hydrogens (tertiary/aromatic N) is 9. The van der Waals surface area contributed by atoms with E-state index in [-0.39, 0.29) is 18.4 Å². The molecule has 0 aromatic carbocycles. The van der Waals surface area contributed by atoms with E-state index in [1.54, 1.807) is 30.1 Å². The highest BCUT2D eigenvalue weighted by Crippen LogP contribution is 2.40. The van der Waals surface area contributed by atoms with Gasteiger partial charge in [0.05, 0.1) is 22.5 Å². The third-order valence-corrected chi connectivity index (χ3v) is 6.35. The van der Waals surface area contributed by atoms with Crippen molar-refractivity contribution >= 4 is 16.7 Å². The van der Waals surface area contributed by atoms with Crippen molar-refractivity contribution in [3.63, 3.8) is 0 Å². The number of piperidine rings is 1. The predicted molar refractivity (Wildman–Crippen MR) is 126 cm³/mol. The second kappa shape index (κ2) is 7.87. The van der Waals surface area contributed by atoms with E-state index in [4.69, 9.17) is 0 Å². The van der Waals surface area contributed by atoms with Crippen molar-refractivity contribution in [3.8, 4) is 17.3 Å². The Morgan fingerprint density at radius 3 is 2.59 bits per heavy atom. The number of hydrogen-bond acceptors (Lipinski definition) is 7. The third-order valence-electron chi connectivity index (χ3n) is 6.35. The number of hydrogen-bond donors (Lipinski definition) is 0. The van der Waals surface area contributed by atoms with E-state index >= 15 is 4.39 Å². The van der Waals surface area contributed by atoms with Crippen molar-refractivity contribution in [2.45, 2.75) is 44.8 Å². The zero-order valence-corrected chi connectivity index (χ0v) is 19.7. The van der Waals surface area contributed by atoms with Gasteiger partial charge >= 0.3 is 0 Å². The van der Waals surface area contributed by atoms with Crippen LogP contribution in [0.5, 0.6) is 0 Å². The Balaban J connectivity index is 1.52. The molecule has 0 bridgehead atoms. The normalized spacial score (nSPS) is 16.1. The summed E-state index contributed by atoms with van der Waals surface area (Å²) in [4.78, 5) is 11.2. The Morgan fingerprint density at radius 1 is 1.18 bits per heavy atom. The fraction of sp³-hybridized carbons (Fsp3) is 0.417. The van der Waals surface area contributed by atoms with Gasteiger partial charge in [0.1, 0.15) is 12.4 Å². The summed E-state index contributed by atoms with van der Waals surface area (Å²) in [6.07, 6.45) is 7.34. The number of pyridine rings is 2. The van der Waals surface area contributed by atoms with Crippen LogP contribution >= 0.6 is 0 Å². The summed E-state index contributed by atoms with van der Waals surface area (Å²) in [5.41, 5.74) is 1.58. The molecule has 4 aromatic heterocycles. The van der Waals surface area contributed by atoms with Gasteiger partial charge in [0.25, 0.3) is 0 Å². The molecule has 5 heterocycles. The van der Waals surface area contributed by atoms with Crippen LogP contribution in [0.2, 0.25) is 0 Å². The zero-order valence-electron chi connectivity index (χ0n) is 19.7. The van der Waals surface area contributed by atoms with Gasteiger partial charge in [0.2, 0.25) is 0 Å². The minimum atomic E-state index is -1.56. The van der Waals surface area contributed by atoms with E-state index in [1.165, 1.54) is 6.33 Å². The second-order valence-electron chi connectivity index (χ2n) is 9.77. The summed E-state index contributed by atoms with van der Waals surface area (Å²) in [5.74, 6) is 0.338. The van der Waals surface area contributed by atoms with Crippen molar-refractivity contribution in [1.29, 1.82) is 5.26 Å². The Morgan fingerprint density at radius 2 is 1.94 bits per heavy atom. The molecule has 0 spiro atoms. The molecule has 1 fully saturated rings. The summed E-state index contributed by atoms with van der Waals surface area (Å²) >= 11 is 0. The van der Waals surface area contributed by atoms with Crippen LogP contribution in [0.15, 0.2) is 37.1 Å². The first-order valence-electron chi connectivity index (χ1n) is 11.2. The first kappa shape index (κ1) is 21.9. The number of halogens is 1. The lowest BCUT2D eigenvalue weighted by atomic mass is 9.91.